The summed E-state index contributed by atoms with van der Waals surface area (Å²) >= 11 is 0. The van der Waals surface area contributed by atoms with Crippen LogP contribution in [0.25, 0.3) is 0 Å². The molecule has 1 aliphatic heterocycles. The molecule has 0 spiro atoms. The molecule has 2 aromatic rings. The van der Waals surface area contributed by atoms with E-state index in [0.29, 0.717) is 18.9 Å². The molecule has 136 valence electrons. The molecule has 1 aromatic heterocycles. The second-order valence-corrected chi connectivity index (χ2v) is 6.60. The van der Waals surface area contributed by atoms with Gasteiger partial charge in [-0.15, -0.1) is 0 Å². The average molecular weight is 356 g/mol. The molecule has 2 aliphatic rings. The maximum absolute atomic E-state index is 13.0. The van der Waals surface area contributed by atoms with E-state index in [1.165, 1.54) is 12.1 Å². The number of hydrogen-bond acceptors (Lipinski definition) is 4. The topological polar surface area (TPSA) is 66.5 Å². The number of morpholine rings is 1. The van der Waals surface area contributed by atoms with Crippen molar-refractivity contribution in [3.8, 4) is 0 Å². The van der Waals surface area contributed by atoms with Crippen LogP contribution in [0.1, 0.15) is 17.9 Å². The van der Waals surface area contributed by atoms with Crippen molar-refractivity contribution in [2.75, 3.05) is 36.5 Å². The van der Waals surface area contributed by atoms with Gasteiger partial charge in [0.05, 0.1) is 25.1 Å². The summed E-state index contributed by atoms with van der Waals surface area (Å²) < 4.78 is 18.3. The predicted molar refractivity (Wildman–Crippen MR) is 97.0 cm³/mol. The Morgan fingerprint density at radius 3 is 2.62 bits per heavy atom. The first-order valence-corrected chi connectivity index (χ1v) is 8.81. The average Bonchev–Trinajstić information content (AvgIpc) is 3.42. The minimum absolute atomic E-state index is 0.0843. The first-order chi connectivity index (χ1) is 12.7. The number of nitrogens with zero attached hydrogens (tertiary/aromatic N) is 2. The Labute approximate surface area is 151 Å². The van der Waals surface area contributed by atoms with Gasteiger partial charge < -0.3 is 20.3 Å². The van der Waals surface area contributed by atoms with E-state index in [1.807, 2.05) is 12.1 Å². The Balaban J connectivity index is 1.28. The van der Waals surface area contributed by atoms with Crippen molar-refractivity contribution in [1.82, 2.24) is 10.3 Å². The minimum Gasteiger partial charge on any atom is -0.378 e. The van der Waals surface area contributed by atoms with Gasteiger partial charge >= 0.3 is 6.03 Å². The molecule has 2 fully saturated rings. The molecule has 2 heterocycles. The van der Waals surface area contributed by atoms with Crippen LogP contribution in [0.15, 0.2) is 42.6 Å². The van der Waals surface area contributed by atoms with Crippen LogP contribution in [0, 0.1) is 5.82 Å². The molecule has 1 saturated heterocycles. The lowest BCUT2D eigenvalue weighted by atomic mass is 10.1. The molecule has 1 aromatic carbocycles. The highest BCUT2D eigenvalue weighted by molar-refractivity contribution is 5.89. The number of hydrogen-bond donors (Lipinski definition) is 2. The number of rotatable bonds is 4. The molecule has 26 heavy (non-hydrogen) atoms. The fourth-order valence-electron chi connectivity index (χ4n) is 3.21. The molecule has 0 radical (unpaired) electrons. The smallest absolute Gasteiger partial charge is 0.319 e. The van der Waals surface area contributed by atoms with Gasteiger partial charge in [0.15, 0.2) is 0 Å². The van der Waals surface area contributed by atoms with Gasteiger partial charge in [0.25, 0.3) is 0 Å². The third kappa shape index (κ3) is 3.94. The number of nitrogens with one attached hydrogen (secondary N) is 2. The van der Waals surface area contributed by atoms with Crippen molar-refractivity contribution >= 4 is 17.5 Å². The largest absolute Gasteiger partial charge is 0.378 e. The zero-order valence-electron chi connectivity index (χ0n) is 14.3. The summed E-state index contributed by atoms with van der Waals surface area (Å²) in [6, 6.07) is 10.0. The van der Waals surface area contributed by atoms with E-state index >= 15 is 0 Å². The molecule has 0 bridgehead atoms. The van der Waals surface area contributed by atoms with E-state index in [1.54, 1.807) is 18.3 Å². The van der Waals surface area contributed by atoms with Crippen LogP contribution in [-0.2, 0) is 4.74 Å². The molecule has 2 amide bonds. The summed E-state index contributed by atoms with van der Waals surface area (Å²) in [4.78, 5) is 18.7. The number of urea groups is 1. The number of pyridine rings is 1. The zero-order chi connectivity index (χ0) is 17.9. The number of ether oxygens (including phenoxy) is 1. The van der Waals surface area contributed by atoms with E-state index in [0.717, 1.165) is 30.9 Å². The van der Waals surface area contributed by atoms with Gasteiger partial charge in [-0.1, -0.05) is 12.1 Å². The van der Waals surface area contributed by atoms with Crippen molar-refractivity contribution in [2.24, 2.45) is 0 Å². The second kappa shape index (κ2) is 7.29. The van der Waals surface area contributed by atoms with Crippen LogP contribution in [0.4, 0.5) is 20.7 Å². The Kier molecular flexibility index (Phi) is 4.71. The second-order valence-electron chi connectivity index (χ2n) is 6.60. The quantitative estimate of drug-likeness (QED) is 0.884. The summed E-state index contributed by atoms with van der Waals surface area (Å²) in [5.41, 5.74) is 1.70. The lowest BCUT2D eigenvalue weighted by Crippen LogP contribution is -2.36. The number of carbonyl (C=O) groups excluding carboxylic acids is 1. The van der Waals surface area contributed by atoms with E-state index in [-0.39, 0.29) is 23.8 Å². The monoisotopic (exact) mass is 356 g/mol. The first kappa shape index (κ1) is 16.8. The number of benzene rings is 1. The highest BCUT2D eigenvalue weighted by Gasteiger charge is 2.39. The minimum atomic E-state index is -0.250. The lowest BCUT2D eigenvalue weighted by Gasteiger charge is -2.27. The number of amides is 2. The van der Waals surface area contributed by atoms with Crippen molar-refractivity contribution in [3.63, 3.8) is 0 Å². The Morgan fingerprint density at radius 1 is 1.15 bits per heavy atom. The van der Waals surface area contributed by atoms with Crippen LogP contribution < -0.4 is 15.5 Å². The van der Waals surface area contributed by atoms with Gasteiger partial charge in [0, 0.05) is 25.0 Å². The highest BCUT2D eigenvalue weighted by Crippen LogP contribution is 2.40. The fourth-order valence-corrected chi connectivity index (χ4v) is 3.21. The molecule has 2 unspecified atom stereocenters. The van der Waals surface area contributed by atoms with E-state index in [2.05, 4.69) is 20.5 Å². The normalized spacial score (nSPS) is 22.0. The molecule has 6 nitrogen and oxygen atoms in total. The lowest BCUT2D eigenvalue weighted by molar-refractivity contribution is 0.122. The first-order valence-electron chi connectivity index (χ1n) is 8.81. The van der Waals surface area contributed by atoms with Gasteiger partial charge in [-0.2, -0.15) is 0 Å². The van der Waals surface area contributed by atoms with Crippen LogP contribution in [0.3, 0.4) is 0 Å². The van der Waals surface area contributed by atoms with Gasteiger partial charge in [-0.05, 0) is 36.2 Å². The molecule has 7 heteroatoms. The summed E-state index contributed by atoms with van der Waals surface area (Å²) in [6.45, 7) is 3.07. The summed E-state index contributed by atoms with van der Waals surface area (Å²) in [5, 5.41) is 5.75. The summed E-state index contributed by atoms with van der Waals surface area (Å²) in [7, 11) is 0. The third-order valence-corrected chi connectivity index (χ3v) is 4.75. The molecule has 1 aliphatic carbocycles. The van der Waals surface area contributed by atoms with E-state index < -0.39 is 0 Å². The standard InChI is InChI=1S/C19H21FN4O2/c20-14-3-1-13(2-4-14)16-11-17(16)23-19(25)22-15-5-6-18(21-12-15)24-7-9-26-10-8-24/h1-6,12,16-17H,7-11H2,(H2,22,23,25). The highest BCUT2D eigenvalue weighted by atomic mass is 19.1. The maximum atomic E-state index is 13.0. The molecular weight excluding hydrogens is 335 g/mol. The van der Waals surface area contributed by atoms with Gasteiger partial charge in [0.1, 0.15) is 11.6 Å². The van der Waals surface area contributed by atoms with E-state index in [4.69, 9.17) is 4.74 Å². The van der Waals surface area contributed by atoms with Crippen molar-refractivity contribution in [2.45, 2.75) is 18.4 Å². The fraction of sp³-hybridized carbons (Fsp3) is 0.368. The van der Waals surface area contributed by atoms with Crippen LogP contribution in [0.5, 0.6) is 0 Å². The molecular formula is C19H21FN4O2. The molecule has 2 atom stereocenters. The number of aromatic nitrogens is 1. The van der Waals surface area contributed by atoms with Gasteiger partial charge in [0.2, 0.25) is 0 Å². The van der Waals surface area contributed by atoms with Gasteiger partial charge in [-0.3, -0.25) is 0 Å². The van der Waals surface area contributed by atoms with Crippen LogP contribution in [-0.4, -0.2) is 43.4 Å². The van der Waals surface area contributed by atoms with Crippen LogP contribution >= 0.6 is 0 Å². The SMILES string of the molecule is O=C(Nc1ccc(N2CCOCC2)nc1)NC1CC1c1ccc(F)cc1. The van der Waals surface area contributed by atoms with E-state index in [9.17, 15) is 9.18 Å². The molecule has 1 saturated carbocycles. The Morgan fingerprint density at radius 2 is 1.92 bits per heavy atom. The summed E-state index contributed by atoms with van der Waals surface area (Å²) in [6.07, 6.45) is 2.53. The van der Waals surface area contributed by atoms with Crippen molar-refractivity contribution < 1.29 is 13.9 Å². The number of halogens is 1. The summed E-state index contributed by atoms with van der Waals surface area (Å²) in [5.74, 6) is 0.894. The van der Waals surface area contributed by atoms with Gasteiger partial charge in [-0.25, -0.2) is 14.2 Å². The maximum Gasteiger partial charge on any atom is 0.319 e. The molecule has 4 rings (SSSR count). The number of anilines is 2. The molecule has 2 N–H and O–H groups in total. The van der Waals surface area contributed by atoms with Crippen molar-refractivity contribution in [3.05, 3.63) is 54.0 Å². The van der Waals surface area contributed by atoms with Crippen LogP contribution in [0.2, 0.25) is 0 Å². The third-order valence-electron chi connectivity index (χ3n) is 4.75. The Hall–Kier alpha value is -2.67. The zero-order valence-corrected chi connectivity index (χ0v) is 14.3. The Bertz CT molecular complexity index is 760. The predicted octanol–water partition coefficient (Wildman–Crippen LogP) is 2.73. The van der Waals surface area contributed by atoms with Crippen molar-refractivity contribution in [1.29, 1.82) is 0 Å². The number of carbonyl (C=O) groups is 1.